The van der Waals surface area contributed by atoms with Gasteiger partial charge in [-0.25, -0.2) is 8.42 Å². The van der Waals surface area contributed by atoms with Gasteiger partial charge in [-0.2, -0.15) is 0 Å². The molecule has 0 unspecified atom stereocenters. The van der Waals surface area contributed by atoms with Gasteiger partial charge in [0, 0.05) is 28.2 Å². The van der Waals surface area contributed by atoms with Gasteiger partial charge in [0.1, 0.15) is 12.6 Å². The Kier molecular flexibility index (Phi) is 8.32. The van der Waals surface area contributed by atoms with Crippen molar-refractivity contribution < 1.29 is 27.5 Å². The number of hydrogen-bond donors (Lipinski definition) is 1. The number of nitrogens with zero attached hydrogens (tertiary/aromatic N) is 2. The van der Waals surface area contributed by atoms with Crippen molar-refractivity contribution in [3.63, 3.8) is 0 Å². The Hall–Kier alpha value is -2.69. The molecular weight excluding hydrogens is 529 g/mol. The van der Waals surface area contributed by atoms with Gasteiger partial charge in [0.2, 0.25) is 28.6 Å². The van der Waals surface area contributed by atoms with E-state index in [-0.39, 0.29) is 19.0 Å². The highest BCUT2D eigenvalue weighted by molar-refractivity contribution is 7.92. The molecule has 9 nitrogen and oxygen atoms in total. The van der Waals surface area contributed by atoms with Crippen LogP contribution < -0.4 is 19.1 Å². The van der Waals surface area contributed by atoms with Gasteiger partial charge in [-0.15, -0.1) is 0 Å². The first-order valence-electron chi connectivity index (χ1n) is 11.1. The van der Waals surface area contributed by atoms with E-state index < -0.39 is 40.0 Å². The molecule has 1 aliphatic heterocycles. The lowest BCUT2D eigenvalue weighted by Gasteiger charge is -2.33. The smallest absolute Gasteiger partial charge is 0.244 e. The van der Waals surface area contributed by atoms with Crippen LogP contribution in [-0.2, 0) is 26.2 Å². The summed E-state index contributed by atoms with van der Waals surface area (Å²) in [5.41, 5.74) is 0.244. The summed E-state index contributed by atoms with van der Waals surface area (Å²) in [6.45, 7) is 6.49. The van der Waals surface area contributed by atoms with Gasteiger partial charge in [0.25, 0.3) is 0 Å². The van der Waals surface area contributed by atoms with E-state index in [4.69, 9.17) is 32.7 Å². The molecule has 1 heterocycles. The Labute approximate surface area is 221 Å². The monoisotopic (exact) mass is 557 g/mol. The lowest BCUT2D eigenvalue weighted by Crippen LogP contribution is -2.54. The average molecular weight is 558 g/mol. The molecule has 2 aromatic rings. The van der Waals surface area contributed by atoms with E-state index in [1.165, 1.54) is 23.1 Å². The molecule has 0 fully saturated rings. The van der Waals surface area contributed by atoms with E-state index in [0.29, 0.717) is 27.1 Å². The molecule has 0 aliphatic carbocycles. The van der Waals surface area contributed by atoms with Crippen LogP contribution in [0.5, 0.6) is 11.5 Å². The fourth-order valence-electron chi connectivity index (χ4n) is 3.54. The van der Waals surface area contributed by atoms with E-state index in [0.717, 1.165) is 10.6 Å². The van der Waals surface area contributed by atoms with Crippen molar-refractivity contribution in [3.8, 4) is 11.5 Å². The van der Waals surface area contributed by atoms with Gasteiger partial charge in [0.15, 0.2) is 11.5 Å². The summed E-state index contributed by atoms with van der Waals surface area (Å²) in [4.78, 5) is 27.9. The van der Waals surface area contributed by atoms with Crippen LogP contribution in [-0.4, -0.2) is 56.3 Å². The molecular formula is C24H29Cl2N3O6S. The second-order valence-corrected chi connectivity index (χ2v) is 12.2. The minimum Gasteiger partial charge on any atom is -0.454 e. The molecule has 0 bridgehead atoms. The number of sulfonamides is 1. The number of rotatable bonds is 8. The van der Waals surface area contributed by atoms with Gasteiger partial charge < -0.3 is 19.7 Å². The second kappa shape index (κ2) is 10.7. The van der Waals surface area contributed by atoms with Crippen molar-refractivity contribution in [1.29, 1.82) is 0 Å². The third-order valence-corrected chi connectivity index (χ3v) is 7.07. The molecule has 196 valence electrons. The lowest BCUT2D eigenvalue weighted by molar-refractivity contribution is -0.140. The number of halogens is 2. The molecule has 3 rings (SSSR count). The Balaban J connectivity index is 1.95. The number of carbonyl (C=O) groups is 2. The van der Waals surface area contributed by atoms with Gasteiger partial charge in [-0.05, 0) is 57.5 Å². The van der Waals surface area contributed by atoms with Crippen molar-refractivity contribution in [3.05, 3.63) is 52.0 Å². The van der Waals surface area contributed by atoms with Crippen LogP contribution in [0.25, 0.3) is 0 Å². The molecule has 0 saturated carbocycles. The number of carbonyl (C=O) groups excluding carboxylic acids is 2. The third kappa shape index (κ3) is 6.96. The van der Waals surface area contributed by atoms with Gasteiger partial charge in [-0.1, -0.05) is 29.3 Å². The standard InChI is InChI=1S/C24H29Cl2N3O6S/c1-15(23(31)27-24(2,3)4)28(12-16-6-7-17(25)10-19(16)26)22(30)13-29(36(5,32)33)18-8-9-20-21(11-18)35-14-34-20/h6-11,15H,12-14H2,1-5H3,(H,27,31)/t15-/m1/s1. The first kappa shape index (κ1) is 27.9. The summed E-state index contributed by atoms with van der Waals surface area (Å²) in [5.74, 6) is -0.142. The van der Waals surface area contributed by atoms with Crippen molar-refractivity contribution >= 4 is 50.7 Å². The number of hydrogen-bond acceptors (Lipinski definition) is 6. The second-order valence-electron chi connectivity index (χ2n) is 9.48. The van der Waals surface area contributed by atoms with Crippen LogP contribution in [0.4, 0.5) is 5.69 Å². The number of benzene rings is 2. The predicted molar refractivity (Wildman–Crippen MR) is 139 cm³/mol. The maximum absolute atomic E-state index is 13.6. The van der Waals surface area contributed by atoms with Crippen LogP contribution in [0.1, 0.15) is 33.3 Å². The number of amides is 2. The maximum Gasteiger partial charge on any atom is 0.244 e. The van der Waals surface area contributed by atoms with Crippen LogP contribution in [0.2, 0.25) is 10.0 Å². The molecule has 2 aromatic carbocycles. The average Bonchev–Trinajstić information content (AvgIpc) is 3.22. The fraction of sp³-hybridized carbons (Fsp3) is 0.417. The van der Waals surface area contributed by atoms with Crippen LogP contribution in [0.3, 0.4) is 0 Å². The SMILES string of the molecule is C[C@H](C(=O)NC(C)(C)C)N(Cc1ccc(Cl)cc1Cl)C(=O)CN(c1ccc2c(c1)OCO2)S(C)(=O)=O. The molecule has 0 radical (unpaired) electrons. The van der Waals surface area contributed by atoms with E-state index in [1.54, 1.807) is 25.1 Å². The van der Waals surface area contributed by atoms with E-state index in [1.807, 2.05) is 20.8 Å². The third-order valence-electron chi connectivity index (χ3n) is 5.34. The highest BCUT2D eigenvalue weighted by Gasteiger charge is 2.32. The van der Waals surface area contributed by atoms with Crippen molar-refractivity contribution in [2.45, 2.75) is 45.8 Å². The van der Waals surface area contributed by atoms with Crippen molar-refractivity contribution in [2.24, 2.45) is 0 Å². The van der Waals surface area contributed by atoms with Crippen molar-refractivity contribution in [1.82, 2.24) is 10.2 Å². The van der Waals surface area contributed by atoms with E-state index >= 15 is 0 Å². The quantitative estimate of drug-likeness (QED) is 0.528. The summed E-state index contributed by atoms with van der Waals surface area (Å²) >= 11 is 12.3. The summed E-state index contributed by atoms with van der Waals surface area (Å²) < 4.78 is 37.0. The minimum atomic E-state index is -3.88. The molecule has 1 aliphatic rings. The zero-order valence-corrected chi connectivity index (χ0v) is 23.0. The number of ether oxygens (including phenoxy) is 2. The van der Waals surface area contributed by atoms with Gasteiger partial charge >= 0.3 is 0 Å². The number of nitrogens with one attached hydrogen (secondary N) is 1. The topological polar surface area (TPSA) is 105 Å². The maximum atomic E-state index is 13.6. The Morgan fingerprint density at radius 3 is 2.36 bits per heavy atom. The summed E-state index contributed by atoms with van der Waals surface area (Å²) in [5, 5.41) is 3.60. The van der Waals surface area contributed by atoms with Crippen LogP contribution >= 0.6 is 23.2 Å². The molecule has 0 spiro atoms. The van der Waals surface area contributed by atoms with Gasteiger partial charge in [-0.3, -0.25) is 13.9 Å². The van der Waals surface area contributed by atoms with Gasteiger partial charge in [0.05, 0.1) is 11.9 Å². The Morgan fingerprint density at radius 1 is 1.08 bits per heavy atom. The van der Waals surface area contributed by atoms with Crippen molar-refractivity contribution in [2.75, 3.05) is 23.9 Å². The highest BCUT2D eigenvalue weighted by Crippen LogP contribution is 2.36. The minimum absolute atomic E-state index is 0.0205. The van der Waals surface area contributed by atoms with E-state index in [9.17, 15) is 18.0 Å². The first-order chi connectivity index (χ1) is 16.7. The highest BCUT2D eigenvalue weighted by atomic mass is 35.5. The molecule has 1 atom stereocenters. The molecule has 36 heavy (non-hydrogen) atoms. The fourth-order valence-corrected chi connectivity index (χ4v) is 4.85. The zero-order valence-electron chi connectivity index (χ0n) is 20.7. The van der Waals surface area contributed by atoms with Crippen LogP contribution in [0, 0.1) is 0 Å². The predicted octanol–water partition coefficient (Wildman–Crippen LogP) is 3.82. The van der Waals surface area contributed by atoms with Crippen LogP contribution in [0.15, 0.2) is 36.4 Å². The molecule has 0 aromatic heterocycles. The Bertz CT molecular complexity index is 1260. The molecule has 1 N–H and O–H groups in total. The largest absolute Gasteiger partial charge is 0.454 e. The number of fused-ring (bicyclic) bond motifs is 1. The normalized spacial score (nSPS) is 13.8. The number of anilines is 1. The van der Waals surface area contributed by atoms with E-state index in [2.05, 4.69) is 5.32 Å². The zero-order chi connectivity index (χ0) is 26.8. The lowest BCUT2D eigenvalue weighted by atomic mass is 10.1. The molecule has 2 amide bonds. The molecule has 0 saturated heterocycles. The summed E-state index contributed by atoms with van der Waals surface area (Å²) in [6.07, 6.45) is 1.00. The molecule has 12 heteroatoms. The summed E-state index contributed by atoms with van der Waals surface area (Å²) in [6, 6.07) is 8.49. The summed E-state index contributed by atoms with van der Waals surface area (Å²) in [7, 11) is -3.88. The Morgan fingerprint density at radius 2 is 1.75 bits per heavy atom. The first-order valence-corrected chi connectivity index (χ1v) is 13.7.